The van der Waals surface area contributed by atoms with Gasteiger partial charge in [-0.25, -0.2) is 0 Å². The molecule has 0 saturated carbocycles. The fraction of sp³-hybridized carbons (Fsp3) is 0.500. The normalized spacial score (nSPS) is 17.4. The predicted octanol–water partition coefficient (Wildman–Crippen LogP) is 0.980. The van der Waals surface area contributed by atoms with Crippen molar-refractivity contribution in [2.75, 3.05) is 40.3 Å². The molecule has 21 heavy (non-hydrogen) atoms. The van der Waals surface area contributed by atoms with Gasteiger partial charge in [0.1, 0.15) is 6.04 Å². The summed E-state index contributed by atoms with van der Waals surface area (Å²) in [5, 5.41) is 0. The van der Waals surface area contributed by atoms with Crippen molar-refractivity contribution in [2.45, 2.75) is 13.0 Å². The molecule has 1 aliphatic rings. The van der Waals surface area contributed by atoms with Crippen LogP contribution in [0.25, 0.3) is 0 Å². The number of rotatable bonds is 3. The van der Waals surface area contributed by atoms with Gasteiger partial charge in [0.25, 0.3) is 0 Å². The van der Waals surface area contributed by atoms with E-state index in [1.54, 1.807) is 25.9 Å². The molecule has 0 spiro atoms. The molecule has 0 bridgehead atoms. The largest absolute Gasteiger partial charge is 0.347 e. The second kappa shape index (κ2) is 6.72. The number of hydrogen-bond donors (Lipinski definition) is 0. The Labute approximate surface area is 126 Å². The molecule has 5 nitrogen and oxygen atoms in total. The van der Waals surface area contributed by atoms with Crippen molar-refractivity contribution < 1.29 is 9.59 Å². The lowest BCUT2D eigenvalue weighted by atomic mass is 10.0. The summed E-state index contributed by atoms with van der Waals surface area (Å²) in [6.07, 6.45) is 0. The molecule has 1 fully saturated rings. The Hall–Kier alpha value is -1.88. The number of likely N-dealkylation sites (N-methyl/N-ethyl adjacent to an activating group) is 1. The summed E-state index contributed by atoms with van der Waals surface area (Å²) < 4.78 is 0. The van der Waals surface area contributed by atoms with Crippen LogP contribution in [0, 0.1) is 0 Å². The van der Waals surface area contributed by atoms with Crippen LogP contribution in [0.15, 0.2) is 30.3 Å². The van der Waals surface area contributed by atoms with Gasteiger partial charge in [-0.05, 0) is 5.56 Å². The lowest BCUT2D eigenvalue weighted by molar-refractivity contribution is -0.137. The Morgan fingerprint density at radius 3 is 2.10 bits per heavy atom. The van der Waals surface area contributed by atoms with Gasteiger partial charge in [-0.15, -0.1) is 0 Å². The molecule has 1 heterocycles. The molecule has 5 heteroatoms. The van der Waals surface area contributed by atoms with E-state index in [2.05, 4.69) is 4.90 Å². The molecule has 1 aromatic rings. The van der Waals surface area contributed by atoms with Crippen molar-refractivity contribution >= 4 is 11.8 Å². The fourth-order valence-corrected chi connectivity index (χ4v) is 2.68. The molecule has 1 saturated heterocycles. The summed E-state index contributed by atoms with van der Waals surface area (Å²) in [7, 11) is 3.56. The van der Waals surface area contributed by atoms with Crippen LogP contribution in [0.4, 0.5) is 0 Å². The molecule has 0 aromatic heterocycles. The van der Waals surface area contributed by atoms with Gasteiger partial charge in [-0.1, -0.05) is 30.3 Å². The quantitative estimate of drug-likeness (QED) is 0.833. The Bertz CT molecular complexity index is 494. The Morgan fingerprint density at radius 1 is 1.05 bits per heavy atom. The summed E-state index contributed by atoms with van der Waals surface area (Å²) in [4.78, 5) is 29.6. The van der Waals surface area contributed by atoms with Gasteiger partial charge in [-0.3, -0.25) is 14.5 Å². The van der Waals surface area contributed by atoms with Crippen LogP contribution in [0.2, 0.25) is 0 Å². The van der Waals surface area contributed by atoms with Crippen molar-refractivity contribution in [3.8, 4) is 0 Å². The van der Waals surface area contributed by atoms with E-state index in [0.29, 0.717) is 13.1 Å². The van der Waals surface area contributed by atoms with Crippen LogP contribution >= 0.6 is 0 Å². The monoisotopic (exact) mass is 289 g/mol. The zero-order valence-corrected chi connectivity index (χ0v) is 13.0. The highest BCUT2D eigenvalue weighted by atomic mass is 16.2. The summed E-state index contributed by atoms with van der Waals surface area (Å²) >= 11 is 0. The third-order valence-electron chi connectivity index (χ3n) is 3.91. The van der Waals surface area contributed by atoms with E-state index in [1.807, 2.05) is 35.2 Å². The average Bonchev–Trinajstić information content (AvgIpc) is 2.49. The highest BCUT2D eigenvalue weighted by molar-refractivity contribution is 5.83. The number of piperazine rings is 1. The SMILES string of the molecule is CC(=O)N1CCN(C(C(=O)N(C)C)c2ccccc2)CC1. The second-order valence-corrected chi connectivity index (χ2v) is 5.59. The first-order valence-corrected chi connectivity index (χ1v) is 7.26. The van der Waals surface area contributed by atoms with Crippen molar-refractivity contribution in [1.82, 2.24) is 14.7 Å². The minimum atomic E-state index is -0.268. The molecule has 1 aromatic carbocycles. The van der Waals surface area contributed by atoms with Crippen molar-refractivity contribution in [1.29, 1.82) is 0 Å². The van der Waals surface area contributed by atoms with Crippen molar-refractivity contribution in [2.24, 2.45) is 0 Å². The Balaban J connectivity index is 2.18. The minimum Gasteiger partial charge on any atom is -0.347 e. The molecular formula is C16H23N3O2. The Morgan fingerprint density at radius 2 is 1.62 bits per heavy atom. The number of nitrogens with zero attached hydrogens (tertiary/aromatic N) is 3. The average molecular weight is 289 g/mol. The highest BCUT2D eigenvalue weighted by Crippen LogP contribution is 2.24. The molecule has 2 rings (SSSR count). The van der Waals surface area contributed by atoms with Gasteiger partial charge in [0.05, 0.1) is 0 Å². The first kappa shape index (κ1) is 15.5. The molecule has 1 unspecified atom stereocenters. The molecule has 0 aliphatic carbocycles. The maximum absolute atomic E-state index is 12.6. The highest BCUT2D eigenvalue weighted by Gasteiger charge is 2.31. The van der Waals surface area contributed by atoms with Gasteiger partial charge >= 0.3 is 0 Å². The number of amides is 2. The lowest BCUT2D eigenvalue weighted by Gasteiger charge is -2.39. The van der Waals surface area contributed by atoms with E-state index in [1.165, 1.54) is 0 Å². The molecule has 114 valence electrons. The van der Waals surface area contributed by atoms with Gasteiger partial charge in [-0.2, -0.15) is 0 Å². The van der Waals surface area contributed by atoms with E-state index >= 15 is 0 Å². The standard InChI is InChI=1S/C16H23N3O2/c1-13(20)18-9-11-19(12-10-18)15(16(21)17(2)3)14-7-5-4-6-8-14/h4-8,15H,9-12H2,1-3H3. The van der Waals surface area contributed by atoms with Gasteiger partial charge < -0.3 is 9.80 Å². The molecular weight excluding hydrogens is 266 g/mol. The van der Waals surface area contributed by atoms with Crippen molar-refractivity contribution in [3.05, 3.63) is 35.9 Å². The van der Waals surface area contributed by atoms with Gasteiger partial charge in [0.2, 0.25) is 11.8 Å². The minimum absolute atomic E-state index is 0.0810. The van der Waals surface area contributed by atoms with Crippen LogP contribution in [0.1, 0.15) is 18.5 Å². The maximum atomic E-state index is 12.6. The number of carbonyl (C=O) groups is 2. The van der Waals surface area contributed by atoms with E-state index in [4.69, 9.17) is 0 Å². The van der Waals surface area contributed by atoms with Gasteiger partial charge in [0.15, 0.2) is 0 Å². The van der Waals surface area contributed by atoms with E-state index in [9.17, 15) is 9.59 Å². The van der Waals surface area contributed by atoms with Gasteiger partial charge in [0, 0.05) is 47.2 Å². The number of carbonyl (C=O) groups excluding carboxylic acids is 2. The number of hydrogen-bond acceptors (Lipinski definition) is 3. The third kappa shape index (κ3) is 3.61. The molecule has 1 atom stereocenters. The molecule has 2 amide bonds. The van der Waals surface area contributed by atoms with Crippen LogP contribution in [-0.2, 0) is 9.59 Å². The van der Waals surface area contributed by atoms with Crippen LogP contribution < -0.4 is 0 Å². The topological polar surface area (TPSA) is 43.9 Å². The van der Waals surface area contributed by atoms with E-state index < -0.39 is 0 Å². The summed E-state index contributed by atoms with van der Waals surface area (Å²) in [5.41, 5.74) is 1.01. The van der Waals surface area contributed by atoms with Crippen LogP contribution in [-0.4, -0.2) is 66.8 Å². The zero-order valence-electron chi connectivity index (χ0n) is 13.0. The lowest BCUT2D eigenvalue weighted by Crippen LogP contribution is -2.51. The number of benzene rings is 1. The summed E-state index contributed by atoms with van der Waals surface area (Å²) in [6, 6.07) is 9.57. The first-order chi connectivity index (χ1) is 10.0. The second-order valence-electron chi connectivity index (χ2n) is 5.59. The van der Waals surface area contributed by atoms with Crippen LogP contribution in [0.5, 0.6) is 0 Å². The molecule has 1 aliphatic heterocycles. The van der Waals surface area contributed by atoms with Crippen LogP contribution in [0.3, 0.4) is 0 Å². The van der Waals surface area contributed by atoms with E-state index in [-0.39, 0.29) is 17.9 Å². The summed E-state index contributed by atoms with van der Waals surface area (Å²) in [5.74, 6) is 0.183. The van der Waals surface area contributed by atoms with E-state index in [0.717, 1.165) is 18.7 Å². The summed E-state index contributed by atoms with van der Waals surface area (Å²) in [6.45, 7) is 4.39. The smallest absolute Gasteiger partial charge is 0.244 e. The van der Waals surface area contributed by atoms with Crippen molar-refractivity contribution in [3.63, 3.8) is 0 Å². The fourth-order valence-electron chi connectivity index (χ4n) is 2.68. The Kier molecular flexibility index (Phi) is 4.96. The predicted molar refractivity (Wildman–Crippen MR) is 81.7 cm³/mol. The zero-order chi connectivity index (χ0) is 15.4. The first-order valence-electron chi connectivity index (χ1n) is 7.26. The molecule has 0 radical (unpaired) electrons. The molecule has 0 N–H and O–H groups in total. The maximum Gasteiger partial charge on any atom is 0.244 e. The third-order valence-corrected chi connectivity index (χ3v) is 3.91.